The average molecular weight is 218 g/mol. The number of nitrogens with zero attached hydrogens (tertiary/aromatic N) is 3. The Morgan fingerprint density at radius 2 is 2.23 bits per heavy atom. The van der Waals surface area contributed by atoms with Gasteiger partial charge < -0.3 is 5.11 Å². The third kappa shape index (κ3) is 1.48. The third-order valence-corrected chi connectivity index (χ3v) is 2.07. The van der Waals surface area contributed by atoms with Crippen LogP contribution in [0.4, 0.5) is 0 Å². The standard InChI is InChI=1S/C7H5Cl2N3O/c8-6-5-1-4(3-13)2-12(5)11-7(9)10-6/h1-2,13H,3H2. The Kier molecular flexibility index (Phi) is 2.11. The number of hydrogen-bond acceptors (Lipinski definition) is 3. The van der Waals surface area contributed by atoms with E-state index in [0.717, 1.165) is 5.56 Å². The fourth-order valence-electron chi connectivity index (χ4n) is 1.08. The zero-order valence-electron chi connectivity index (χ0n) is 6.41. The van der Waals surface area contributed by atoms with E-state index in [0.29, 0.717) is 5.52 Å². The molecule has 1 N–H and O–H groups in total. The van der Waals surface area contributed by atoms with Gasteiger partial charge in [-0.25, -0.2) is 9.50 Å². The van der Waals surface area contributed by atoms with Crippen molar-refractivity contribution in [3.05, 3.63) is 28.3 Å². The van der Waals surface area contributed by atoms with Crippen LogP contribution in [0.25, 0.3) is 5.52 Å². The number of aliphatic hydroxyl groups excluding tert-OH is 1. The molecule has 2 aromatic heterocycles. The van der Waals surface area contributed by atoms with Crippen LogP contribution in [-0.2, 0) is 6.61 Å². The Hall–Kier alpha value is -0.840. The average Bonchev–Trinajstić information content (AvgIpc) is 2.47. The van der Waals surface area contributed by atoms with Gasteiger partial charge in [0.2, 0.25) is 5.28 Å². The first-order valence-electron chi connectivity index (χ1n) is 3.52. The molecule has 68 valence electrons. The van der Waals surface area contributed by atoms with Gasteiger partial charge in [0, 0.05) is 6.20 Å². The topological polar surface area (TPSA) is 50.4 Å². The number of rotatable bonds is 1. The Balaban J connectivity index is 2.75. The van der Waals surface area contributed by atoms with Crippen molar-refractivity contribution in [1.29, 1.82) is 0 Å². The molecular weight excluding hydrogens is 213 g/mol. The van der Waals surface area contributed by atoms with Crippen LogP contribution in [0.5, 0.6) is 0 Å². The van der Waals surface area contributed by atoms with Crippen LogP contribution in [0.1, 0.15) is 5.56 Å². The van der Waals surface area contributed by atoms with Gasteiger partial charge >= 0.3 is 0 Å². The van der Waals surface area contributed by atoms with Gasteiger partial charge in [0.15, 0.2) is 5.15 Å². The van der Waals surface area contributed by atoms with Crippen molar-refractivity contribution >= 4 is 28.7 Å². The maximum Gasteiger partial charge on any atom is 0.242 e. The molecule has 0 unspecified atom stereocenters. The minimum atomic E-state index is -0.0582. The maximum atomic E-state index is 8.86. The summed E-state index contributed by atoms with van der Waals surface area (Å²) in [6.45, 7) is -0.0582. The first-order chi connectivity index (χ1) is 6.20. The van der Waals surface area contributed by atoms with E-state index in [9.17, 15) is 0 Å². The van der Waals surface area contributed by atoms with Crippen LogP contribution in [0, 0.1) is 0 Å². The minimum Gasteiger partial charge on any atom is -0.392 e. The maximum absolute atomic E-state index is 8.86. The predicted molar refractivity (Wildman–Crippen MR) is 48.9 cm³/mol. The summed E-state index contributed by atoms with van der Waals surface area (Å²) in [4.78, 5) is 3.77. The van der Waals surface area contributed by atoms with Crippen molar-refractivity contribution in [2.45, 2.75) is 6.61 Å². The van der Waals surface area contributed by atoms with E-state index in [-0.39, 0.29) is 17.0 Å². The molecule has 0 bridgehead atoms. The summed E-state index contributed by atoms with van der Waals surface area (Å²) in [7, 11) is 0. The Morgan fingerprint density at radius 1 is 1.46 bits per heavy atom. The van der Waals surface area contributed by atoms with Crippen molar-refractivity contribution in [3.63, 3.8) is 0 Å². The third-order valence-electron chi connectivity index (χ3n) is 1.63. The van der Waals surface area contributed by atoms with Gasteiger partial charge in [0.25, 0.3) is 0 Å². The summed E-state index contributed by atoms with van der Waals surface area (Å²) in [6.07, 6.45) is 1.65. The molecule has 0 fully saturated rings. The van der Waals surface area contributed by atoms with E-state index in [1.807, 2.05) is 0 Å². The second-order valence-corrected chi connectivity index (χ2v) is 3.20. The Morgan fingerprint density at radius 3 is 2.92 bits per heavy atom. The molecule has 0 aromatic carbocycles. The Labute approximate surface area is 83.7 Å². The predicted octanol–water partition coefficient (Wildman–Crippen LogP) is 1.53. The fraction of sp³-hybridized carbons (Fsp3) is 0.143. The summed E-state index contributed by atoms with van der Waals surface area (Å²) in [6, 6.07) is 1.71. The highest BCUT2D eigenvalue weighted by molar-refractivity contribution is 6.34. The molecule has 0 atom stereocenters. The molecule has 0 saturated heterocycles. The van der Waals surface area contributed by atoms with E-state index in [1.54, 1.807) is 12.3 Å². The highest BCUT2D eigenvalue weighted by Gasteiger charge is 2.06. The first-order valence-corrected chi connectivity index (χ1v) is 4.27. The van der Waals surface area contributed by atoms with E-state index in [1.165, 1.54) is 4.52 Å². The largest absolute Gasteiger partial charge is 0.392 e. The minimum absolute atomic E-state index is 0.0582. The molecule has 0 spiro atoms. The number of halogens is 2. The van der Waals surface area contributed by atoms with Crippen molar-refractivity contribution < 1.29 is 5.11 Å². The lowest BCUT2D eigenvalue weighted by molar-refractivity contribution is 0.282. The van der Waals surface area contributed by atoms with Crippen molar-refractivity contribution in [2.24, 2.45) is 0 Å². The smallest absolute Gasteiger partial charge is 0.242 e. The zero-order chi connectivity index (χ0) is 9.42. The molecule has 2 heterocycles. The van der Waals surface area contributed by atoms with Gasteiger partial charge in [0.05, 0.1) is 6.61 Å². The molecule has 0 aliphatic carbocycles. The molecular formula is C7H5Cl2N3O. The molecule has 0 amide bonds. The van der Waals surface area contributed by atoms with Crippen LogP contribution < -0.4 is 0 Å². The molecule has 0 radical (unpaired) electrons. The molecule has 2 aromatic rings. The number of aromatic nitrogens is 3. The van der Waals surface area contributed by atoms with Crippen molar-refractivity contribution in [3.8, 4) is 0 Å². The summed E-state index contributed by atoms with van der Waals surface area (Å²) in [5.74, 6) is 0. The fourth-order valence-corrected chi connectivity index (χ4v) is 1.51. The molecule has 4 nitrogen and oxygen atoms in total. The Bertz CT molecular complexity index is 454. The number of hydrogen-bond donors (Lipinski definition) is 1. The molecule has 2 rings (SSSR count). The van der Waals surface area contributed by atoms with Gasteiger partial charge in [-0.15, -0.1) is 5.10 Å². The normalized spacial score (nSPS) is 11.0. The summed E-state index contributed by atoms with van der Waals surface area (Å²) < 4.78 is 1.49. The lowest BCUT2D eigenvalue weighted by atomic mass is 10.3. The van der Waals surface area contributed by atoms with Gasteiger partial charge in [-0.2, -0.15) is 0 Å². The van der Waals surface area contributed by atoms with Crippen molar-refractivity contribution in [2.75, 3.05) is 0 Å². The summed E-state index contributed by atoms with van der Waals surface area (Å²) >= 11 is 11.4. The van der Waals surface area contributed by atoms with Crippen LogP contribution in [-0.4, -0.2) is 19.7 Å². The second-order valence-electron chi connectivity index (χ2n) is 2.51. The van der Waals surface area contributed by atoms with E-state index in [2.05, 4.69) is 10.1 Å². The highest BCUT2D eigenvalue weighted by atomic mass is 35.5. The van der Waals surface area contributed by atoms with E-state index in [4.69, 9.17) is 28.3 Å². The summed E-state index contributed by atoms with van der Waals surface area (Å²) in [5.41, 5.74) is 1.36. The molecule has 6 heteroatoms. The van der Waals surface area contributed by atoms with Crippen LogP contribution in [0.15, 0.2) is 12.3 Å². The van der Waals surface area contributed by atoms with Crippen LogP contribution in [0.2, 0.25) is 10.4 Å². The lowest BCUT2D eigenvalue weighted by Crippen LogP contribution is -1.93. The quantitative estimate of drug-likeness (QED) is 0.789. The first kappa shape index (κ1) is 8.74. The SMILES string of the molecule is OCc1cc2c(Cl)nc(Cl)nn2c1. The van der Waals surface area contributed by atoms with Gasteiger partial charge in [-0.1, -0.05) is 11.6 Å². The monoisotopic (exact) mass is 217 g/mol. The lowest BCUT2D eigenvalue weighted by Gasteiger charge is -1.94. The molecule has 0 saturated carbocycles. The molecule has 0 aliphatic heterocycles. The summed E-state index contributed by atoms with van der Waals surface area (Å²) in [5, 5.41) is 13.1. The second kappa shape index (κ2) is 3.14. The van der Waals surface area contributed by atoms with Gasteiger partial charge in [0.1, 0.15) is 5.52 Å². The van der Waals surface area contributed by atoms with Crippen LogP contribution >= 0.6 is 23.2 Å². The highest BCUT2D eigenvalue weighted by Crippen LogP contribution is 2.18. The van der Waals surface area contributed by atoms with Gasteiger partial charge in [-0.05, 0) is 23.2 Å². The molecule has 13 heavy (non-hydrogen) atoms. The van der Waals surface area contributed by atoms with Crippen molar-refractivity contribution in [1.82, 2.24) is 14.6 Å². The number of aliphatic hydroxyl groups is 1. The number of fused-ring (bicyclic) bond motifs is 1. The van der Waals surface area contributed by atoms with E-state index >= 15 is 0 Å². The molecule has 0 aliphatic rings. The zero-order valence-corrected chi connectivity index (χ0v) is 7.92. The van der Waals surface area contributed by atoms with E-state index < -0.39 is 0 Å². The van der Waals surface area contributed by atoms with Gasteiger partial charge in [-0.3, -0.25) is 0 Å². The van der Waals surface area contributed by atoms with Crippen LogP contribution in [0.3, 0.4) is 0 Å².